The Morgan fingerprint density at radius 1 is 1.38 bits per heavy atom. The summed E-state index contributed by atoms with van der Waals surface area (Å²) in [7, 11) is 0. The van der Waals surface area contributed by atoms with Crippen LogP contribution in [0.15, 0.2) is 4.52 Å². The number of carbonyl (C=O) groups is 1. The van der Waals surface area contributed by atoms with Crippen LogP contribution in [0.5, 0.6) is 0 Å². The fourth-order valence-electron chi connectivity index (χ4n) is 2.73. The molecule has 1 aromatic rings. The molecule has 0 saturated carbocycles. The van der Waals surface area contributed by atoms with E-state index in [2.05, 4.69) is 24.0 Å². The Morgan fingerprint density at radius 3 is 2.57 bits per heavy atom. The highest BCUT2D eigenvalue weighted by atomic mass is 16.5. The van der Waals surface area contributed by atoms with Gasteiger partial charge in [-0.15, -0.1) is 0 Å². The summed E-state index contributed by atoms with van der Waals surface area (Å²) >= 11 is 0. The summed E-state index contributed by atoms with van der Waals surface area (Å²) in [5, 5.41) is 3.73. The Bertz CT molecular complexity index is 449. The van der Waals surface area contributed by atoms with E-state index in [0.717, 1.165) is 38.8 Å². The van der Waals surface area contributed by atoms with Crippen LogP contribution in [0.25, 0.3) is 0 Å². The van der Waals surface area contributed by atoms with Crippen LogP contribution >= 0.6 is 0 Å². The van der Waals surface area contributed by atoms with Gasteiger partial charge in [-0.25, -0.2) is 0 Å². The molecule has 21 heavy (non-hydrogen) atoms. The van der Waals surface area contributed by atoms with Crippen molar-refractivity contribution >= 4 is 5.91 Å². The molecule has 0 bridgehead atoms. The predicted molar refractivity (Wildman–Crippen MR) is 77.5 cm³/mol. The van der Waals surface area contributed by atoms with Crippen molar-refractivity contribution in [2.75, 3.05) is 13.1 Å². The molecular weight excluding hydrogens is 270 g/mol. The molecule has 118 valence electrons. The largest absolute Gasteiger partial charge is 0.368 e. The molecule has 0 aliphatic carbocycles. The van der Waals surface area contributed by atoms with Crippen LogP contribution < -0.4 is 0 Å². The van der Waals surface area contributed by atoms with Gasteiger partial charge in [-0.2, -0.15) is 4.98 Å². The average molecular weight is 295 g/mol. The third-order valence-electron chi connectivity index (χ3n) is 4.10. The number of amides is 1. The fourth-order valence-corrected chi connectivity index (χ4v) is 2.73. The lowest BCUT2D eigenvalue weighted by Crippen LogP contribution is -2.43. The number of piperidine rings is 1. The van der Waals surface area contributed by atoms with Crippen LogP contribution in [0.1, 0.15) is 51.2 Å². The minimum absolute atomic E-state index is 0.169. The number of likely N-dealkylation sites (tertiary alicyclic amines) is 1. The van der Waals surface area contributed by atoms with E-state index >= 15 is 0 Å². The molecule has 1 aromatic heterocycles. The van der Waals surface area contributed by atoms with Gasteiger partial charge in [0.2, 0.25) is 5.91 Å². The number of rotatable bonds is 6. The van der Waals surface area contributed by atoms with Gasteiger partial charge in [-0.1, -0.05) is 19.0 Å². The molecule has 1 saturated heterocycles. The summed E-state index contributed by atoms with van der Waals surface area (Å²) in [6.07, 6.45) is 3.76. The van der Waals surface area contributed by atoms with Crippen LogP contribution in [-0.4, -0.2) is 40.1 Å². The molecule has 1 amide bonds. The number of aryl methyl sites for hydroxylation is 1. The van der Waals surface area contributed by atoms with E-state index in [0.29, 0.717) is 24.2 Å². The van der Waals surface area contributed by atoms with E-state index in [1.807, 2.05) is 4.90 Å². The van der Waals surface area contributed by atoms with Crippen LogP contribution in [-0.2, 0) is 16.1 Å². The average Bonchev–Trinajstić information content (AvgIpc) is 2.92. The molecule has 6 heteroatoms. The van der Waals surface area contributed by atoms with Gasteiger partial charge < -0.3 is 14.2 Å². The fraction of sp³-hybridized carbons (Fsp3) is 0.800. The number of hydrogen-bond acceptors (Lipinski definition) is 5. The van der Waals surface area contributed by atoms with Crippen LogP contribution in [0.3, 0.4) is 0 Å². The van der Waals surface area contributed by atoms with E-state index in [1.165, 1.54) is 0 Å². The Labute approximate surface area is 125 Å². The van der Waals surface area contributed by atoms with Gasteiger partial charge in [0.1, 0.15) is 6.61 Å². The third kappa shape index (κ3) is 4.27. The minimum atomic E-state index is 0.169. The van der Waals surface area contributed by atoms with E-state index in [4.69, 9.17) is 9.26 Å². The van der Waals surface area contributed by atoms with E-state index in [1.54, 1.807) is 6.92 Å². The Hall–Kier alpha value is -1.43. The molecule has 1 fully saturated rings. The van der Waals surface area contributed by atoms with Crippen molar-refractivity contribution in [3.05, 3.63) is 11.7 Å². The van der Waals surface area contributed by atoms with Gasteiger partial charge in [-0.3, -0.25) is 4.79 Å². The topological polar surface area (TPSA) is 68.5 Å². The van der Waals surface area contributed by atoms with Gasteiger partial charge >= 0.3 is 0 Å². The summed E-state index contributed by atoms with van der Waals surface area (Å²) in [5.74, 6) is 1.61. The zero-order valence-corrected chi connectivity index (χ0v) is 13.2. The van der Waals surface area contributed by atoms with E-state index in [9.17, 15) is 4.79 Å². The first-order valence-corrected chi connectivity index (χ1v) is 7.83. The van der Waals surface area contributed by atoms with Crippen molar-refractivity contribution in [3.8, 4) is 0 Å². The first kappa shape index (κ1) is 15.9. The molecule has 0 N–H and O–H groups in total. The quantitative estimate of drug-likeness (QED) is 0.805. The first-order chi connectivity index (χ1) is 10.1. The molecule has 2 heterocycles. The molecule has 6 nitrogen and oxygen atoms in total. The van der Waals surface area contributed by atoms with Gasteiger partial charge in [0, 0.05) is 19.0 Å². The molecule has 0 radical (unpaired) electrons. The van der Waals surface area contributed by atoms with Crippen LogP contribution in [0.4, 0.5) is 0 Å². The second kappa shape index (κ2) is 7.54. The number of nitrogens with zero attached hydrogens (tertiary/aromatic N) is 3. The highest BCUT2D eigenvalue weighted by Gasteiger charge is 2.27. The second-order valence-electron chi connectivity index (χ2n) is 5.58. The molecule has 2 rings (SSSR count). The van der Waals surface area contributed by atoms with Crippen molar-refractivity contribution in [1.29, 1.82) is 0 Å². The molecule has 0 unspecified atom stereocenters. The molecule has 0 aromatic carbocycles. The molecule has 0 atom stereocenters. The van der Waals surface area contributed by atoms with Gasteiger partial charge in [0.25, 0.3) is 5.89 Å². The van der Waals surface area contributed by atoms with E-state index in [-0.39, 0.29) is 12.0 Å². The van der Waals surface area contributed by atoms with Crippen molar-refractivity contribution in [2.24, 2.45) is 5.92 Å². The minimum Gasteiger partial charge on any atom is -0.368 e. The Balaban J connectivity index is 1.74. The summed E-state index contributed by atoms with van der Waals surface area (Å²) in [5.41, 5.74) is 0. The van der Waals surface area contributed by atoms with Crippen LogP contribution in [0, 0.1) is 12.8 Å². The third-order valence-corrected chi connectivity index (χ3v) is 4.10. The van der Waals surface area contributed by atoms with E-state index < -0.39 is 0 Å². The molecular formula is C15H25N3O3. The lowest BCUT2D eigenvalue weighted by molar-refractivity contribution is -0.138. The molecule has 1 aliphatic rings. The standard InChI is InChI=1S/C15H25N3O3/c1-4-12(5-2)15(19)18-8-6-13(7-9-18)20-10-14-16-11(3)17-21-14/h12-13H,4-10H2,1-3H3. The first-order valence-electron chi connectivity index (χ1n) is 7.83. The summed E-state index contributed by atoms with van der Waals surface area (Å²) < 4.78 is 10.8. The van der Waals surface area contributed by atoms with Crippen molar-refractivity contribution < 1.29 is 14.1 Å². The second-order valence-corrected chi connectivity index (χ2v) is 5.58. The normalized spacial score (nSPS) is 16.7. The SMILES string of the molecule is CCC(CC)C(=O)N1CCC(OCc2nc(C)no2)CC1. The zero-order valence-electron chi connectivity index (χ0n) is 13.2. The molecule has 0 spiro atoms. The Morgan fingerprint density at radius 2 is 2.05 bits per heavy atom. The maximum Gasteiger partial charge on any atom is 0.252 e. The Kier molecular flexibility index (Phi) is 5.73. The lowest BCUT2D eigenvalue weighted by atomic mass is 9.99. The van der Waals surface area contributed by atoms with Crippen LogP contribution in [0.2, 0.25) is 0 Å². The monoisotopic (exact) mass is 295 g/mol. The highest BCUT2D eigenvalue weighted by Crippen LogP contribution is 2.19. The van der Waals surface area contributed by atoms with Crippen molar-refractivity contribution in [3.63, 3.8) is 0 Å². The number of hydrogen-bond donors (Lipinski definition) is 0. The highest BCUT2D eigenvalue weighted by molar-refractivity contribution is 5.78. The predicted octanol–water partition coefficient (Wildman–Crippen LogP) is 2.32. The smallest absolute Gasteiger partial charge is 0.252 e. The number of carbonyl (C=O) groups excluding carboxylic acids is 1. The summed E-state index contributed by atoms with van der Waals surface area (Å²) in [4.78, 5) is 18.4. The maximum absolute atomic E-state index is 12.3. The molecule has 1 aliphatic heterocycles. The van der Waals surface area contributed by atoms with Gasteiger partial charge in [0.05, 0.1) is 6.10 Å². The van der Waals surface area contributed by atoms with Crippen molar-refractivity contribution in [1.82, 2.24) is 15.0 Å². The zero-order chi connectivity index (χ0) is 15.2. The maximum atomic E-state index is 12.3. The summed E-state index contributed by atoms with van der Waals surface area (Å²) in [6.45, 7) is 7.86. The summed E-state index contributed by atoms with van der Waals surface area (Å²) in [6, 6.07) is 0. The number of ether oxygens (including phenoxy) is 1. The van der Waals surface area contributed by atoms with Gasteiger partial charge in [-0.05, 0) is 32.6 Å². The van der Waals surface area contributed by atoms with Crippen molar-refractivity contribution in [2.45, 2.75) is 59.2 Å². The lowest BCUT2D eigenvalue weighted by Gasteiger charge is -2.33. The number of aromatic nitrogens is 2. The van der Waals surface area contributed by atoms with Gasteiger partial charge in [0.15, 0.2) is 5.82 Å².